The van der Waals surface area contributed by atoms with Gasteiger partial charge in [-0.05, 0) is 0 Å². The molecule has 0 bridgehead atoms. The SMILES string of the molecule is COCCOc1[c-]cc2c(c1)NC=NC2.[CH2-]COC.[U+2]. The molecule has 0 aliphatic carbocycles. The predicted octanol–water partition coefficient (Wildman–Crippen LogP) is 1.93. The van der Waals surface area contributed by atoms with Gasteiger partial charge in [0.1, 0.15) is 6.61 Å². The van der Waals surface area contributed by atoms with Crippen molar-refractivity contribution in [3.05, 3.63) is 30.7 Å². The van der Waals surface area contributed by atoms with Gasteiger partial charge in [0.2, 0.25) is 0 Å². The quantitative estimate of drug-likeness (QED) is 0.494. The van der Waals surface area contributed by atoms with E-state index in [1.165, 1.54) is 0 Å². The van der Waals surface area contributed by atoms with Crippen LogP contribution in [-0.2, 0) is 16.0 Å². The van der Waals surface area contributed by atoms with Crippen LogP contribution >= 0.6 is 0 Å². The number of benzene rings is 1. The van der Waals surface area contributed by atoms with Crippen LogP contribution in [0.5, 0.6) is 5.75 Å². The van der Waals surface area contributed by atoms with E-state index in [0.29, 0.717) is 26.4 Å². The summed E-state index contributed by atoms with van der Waals surface area (Å²) in [6.07, 6.45) is 1.70. The third-order valence-corrected chi connectivity index (χ3v) is 2.33. The van der Waals surface area contributed by atoms with Crippen LogP contribution in [0.25, 0.3) is 0 Å². The third-order valence-electron chi connectivity index (χ3n) is 2.33. The van der Waals surface area contributed by atoms with Crippen molar-refractivity contribution in [1.29, 1.82) is 0 Å². The predicted molar refractivity (Wildman–Crippen MR) is 75.7 cm³/mol. The number of hydrogen-bond donors (Lipinski definition) is 1. The van der Waals surface area contributed by atoms with Crippen LogP contribution in [0.4, 0.5) is 5.69 Å². The molecule has 20 heavy (non-hydrogen) atoms. The largest absolute Gasteiger partial charge is 2.00 e. The van der Waals surface area contributed by atoms with Crippen molar-refractivity contribution in [3.8, 4) is 5.75 Å². The maximum absolute atomic E-state index is 5.45. The molecule has 0 amide bonds. The van der Waals surface area contributed by atoms with Gasteiger partial charge in [0.25, 0.3) is 0 Å². The van der Waals surface area contributed by atoms with E-state index in [2.05, 4.69) is 28.0 Å². The molecule has 1 aromatic rings. The molecule has 0 fully saturated rings. The van der Waals surface area contributed by atoms with Gasteiger partial charge in [-0.25, -0.2) is 0 Å². The Morgan fingerprint density at radius 2 is 2.10 bits per heavy atom. The van der Waals surface area contributed by atoms with Gasteiger partial charge >= 0.3 is 31.1 Å². The number of anilines is 1. The number of nitrogens with one attached hydrogen (secondary N) is 1. The number of ether oxygens (including phenoxy) is 3. The molecule has 1 aliphatic heterocycles. The first-order chi connectivity index (χ1) is 9.31. The van der Waals surface area contributed by atoms with Crippen LogP contribution < -0.4 is 10.1 Å². The summed E-state index contributed by atoms with van der Waals surface area (Å²) in [6.45, 7) is 5.78. The van der Waals surface area contributed by atoms with Gasteiger partial charge in [0.05, 0.1) is 12.9 Å². The molecule has 108 valence electrons. The van der Waals surface area contributed by atoms with E-state index < -0.39 is 0 Å². The van der Waals surface area contributed by atoms with Crippen molar-refractivity contribution >= 4 is 12.0 Å². The Morgan fingerprint density at radius 1 is 1.35 bits per heavy atom. The molecule has 0 radical (unpaired) electrons. The van der Waals surface area contributed by atoms with Crippen molar-refractivity contribution in [2.24, 2.45) is 4.99 Å². The summed E-state index contributed by atoms with van der Waals surface area (Å²) in [5.74, 6) is 0.730. The normalized spacial score (nSPS) is 11.3. The molecule has 1 N–H and O–H groups in total. The summed E-state index contributed by atoms with van der Waals surface area (Å²) in [4.78, 5) is 4.11. The number of hydrogen-bond acceptors (Lipinski definition) is 5. The topological polar surface area (TPSA) is 52.1 Å². The van der Waals surface area contributed by atoms with Gasteiger partial charge in [0, 0.05) is 26.5 Å². The summed E-state index contributed by atoms with van der Waals surface area (Å²) in [6, 6.07) is 6.89. The summed E-state index contributed by atoms with van der Waals surface area (Å²) in [5, 5.41) is 3.07. The van der Waals surface area contributed by atoms with Gasteiger partial charge in [-0.1, -0.05) is 12.3 Å². The molecule has 0 saturated carbocycles. The number of methoxy groups -OCH3 is 2. The summed E-state index contributed by atoms with van der Waals surface area (Å²) in [7, 11) is 3.27. The van der Waals surface area contributed by atoms with E-state index in [0.717, 1.165) is 17.0 Å². The standard InChI is InChI=1S/C11H13N2O2.C3H7O.U/c1-14-4-5-15-10-3-2-9-7-12-8-13-11(9)6-10;1-3-4-2;/h2,6,8H,4-5,7H2,1H3,(H,12,13);1,3H2,2H3;/q2*-1;+2. The van der Waals surface area contributed by atoms with Gasteiger partial charge in [-0.3, -0.25) is 4.99 Å². The summed E-state index contributed by atoms with van der Waals surface area (Å²) < 4.78 is 14.8. The molecule has 1 aliphatic rings. The van der Waals surface area contributed by atoms with E-state index in [1.54, 1.807) is 20.6 Å². The number of aliphatic imine (C=N–C) groups is 1. The van der Waals surface area contributed by atoms with Gasteiger partial charge in [-0.15, -0.1) is 17.7 Å². The molecule has 0 atom stereocenters. The second-order valence-electron chi connectivity index (χ2n) is 3.68. The Balaban J connectivity index is 0.000000644. The second-order valence-corrected chi connectivity index (χ2v) is 3.68. The average molecular weight is 502 g/mol. The van der Waals surface area contributed by atoms with Gasteiger partial charge < -0.3 is 26.5 Å². The van der Waals surface area contributed by atoms with Crippen molar-refractivity contribution in [2.45, 2.75) is 6.54 Å². The first-order valence-corrected chi connectivity index (χ1v) is 6.01. The van der Waals surface area contributed by atoms with Gasteiger partial charge in [-0.2, -0.15) is 6.07 Å². The molecule has 1 heterocycles. The maximum atomic E-state index is 5.45. The smallest absolute Gasteiger partial charge is 0.517 e. The van der Waals surface area contributed by atoms with E-state index in [-0.39, 0.29) is 31.1 Å². The molecular formula is C14H20N2O3U. The zero-order valence-corrected chi connectivity index (χ0v) is 16.1. The van der Waals surface area contributed by atoms with Crippen molar-refractivity contribution in [2.75, 3.05) is 39.4 Å². The fourth-order valence-electron chi connectivity index (χ4n) is 1.34. The maximum Gasteiger partial charge on any atom is 2.00 e. The van der Waals surface area contributed by atoms with E-state index >= 15 is 0 Å². The monoisotopic (exact) mass is 502 g/mol. The summed E-state index contributed by atoms with van der Waals surface area (Å²) >= 11 is 0. The van der Waals surface area contributed by atoms with Crippen LogP contribution in [-0.4, -0.2) is 40.4 Å². The van der Waals surface area contributed by atoms with E-state index in [9.17, 15) is 0 Å². The van der Waals surface area contributed by atoms with E-state index in [4.69, 9.17) is 9.47 Å². The van der Waals surface area contributed by atoms with E-state index in [1.807, 2.05) is 12.1 Å². The van der Waals surface area contributed by atoms with Crippen LogP contribution in [0.15, 0.2) is 17.1 Å². The molecule has 0 aromatic heterocycles. The Morgan fingerprint density at radius 3 is 2.75 bits per heavy atom. The Hall–Kier alpha value is -0.538. The third kappa shape index (κ3) is 7.30. The molecule has 1 aromatic carbocycles. The Kier molecular flexibility index (Phi) is 11.9. The number of nitrogens with zero attached hydrogens (tertiary/aromatic N) is 1. The zero-order chi connectivity index (χ0) is 13.9. The minimum absolute atomic E-state index is 0. The molecule has 6 heteroatoms. The minimum atomic E-state index is 0. The first-order valence-electron chi connectivity index (χ1n) is 6.01. The number of rotatable bonds is 5. The number of fused-ring (bicyclic) bond motifs is 1. The van der Waals surface area contributed by atoms with Gasteiger partial charge in [0.15, 0.2) is 0 Å². The Labute approximate surface area is 144 Å². The fraction of sp³-hybridized carbons (Fsp3) is 0.429. The fourth-order valence-corrected chi connectivity index (χ4v) is 1.34. The molecule has 0 unspecified atom stereocenters. The average Bonchev–Trinajstić information content (AvgIpc) is 2.48. The molecule has 2 rings (SSSR count). The molecule has 5 nitrogen and oxygen atoms in total. The van der Waals surface area contributed by atoms with Crippen LogP contribution in [0.2, 0.25) is 0 Å². The molecular weight excluding hydrogens is 482 g/mol. The first kappa shape index (κ1) is 19.5. The van der Waals surface area contributed by atoms with Crippen molar-refractivity contribution in [3.63, 3.8) is 0 Å². The van der Waals surface area contributed by atoms with Crippen molar-refractivity contribution in [1.82, 2.24) is 0 Å². The summed E-state index contributed by atoms with van der Waals surface area (Å²) in [5.41, 5.74) is 2.17. The van der Waals surface area contributed by atoms with Crippen LogP contribution in [0, 0.1) is 44.1 Å². The Bertz CT molecular complexity index is 398. The molecule has 0 spiro atoms. The van der Waals surface area contributed by atoms with Crippen molar-refractivity contribution < 1.29 is 45.3 Å². The molecule has 0 saturated heterocycles. The second kappa shape index (κ2) is 12.2. The minimum Gasteiger partial charge on any atom is -0.517 e. The van der Waals surface area contributed by atoms with Crippen LogP contribution in [0.1, 0.15) is 5.56 Å². The zero-order valence-electron chi connectivity index (χ0n) is 11.9. The van der Waals surface area contributed by atoms with Crippen LogP contribution in [0.3, 0.4) is 0 Å².